The van der Waals surface area contributed by atoms with E-state index in [1.807, 2.05) is 48.9 Å². The molecule has 3 rings (SSSR count). The Balaban J connectivity index is 1.68. The average Bonchev–Trinajstić information content (AvgIpc) is 3.09. The second-order valence-electron chi connectivity index (χ2n) is 5.23. The van der Waals surface area contributed by atoms with Crippen LogP contribution in [-0.4, -0.2) is 16.7 Å². The number of imidazole rings is 1. The predicted octanol–water partition coefficient (Wildman–Crippen LogP) is 4.16. The third-order valence-electron chi connectivity index (χ3n) is 3.74. The van der Waals surface area contributed by atoms with Crippen LogP contribution in [0.5, 0.6) is 11.5 Å². The molecule has 0 spiro atoms. The second-order valence-corrected chi connectivity index (χ2v) is 5.23. The van der Waals surface area contributed by atoms with Gasteiger partial charge in [0.05, 0.1) is 25.3 Å². The van der Waals surface area contributed by atoms with Gasteiger partial charge < -0.3 is 14.0 Å². The van der Waals surface area contributed by atoms with Crippen molar-refractivity contribution < 1.29 is 9.47 Å². The third kappa shape index (κ3) is 3.54. The lowest BCUT2D eigenvalue weighted by Crippen LogP contribution is -1.97. The van der Waals surface area contributed by atoms with Crippen LogP contribution < -0.4 is 9.47 Å². The fourth-order valence-electron chi connectivity index (χ4n) is 2.46. The molecule has 0 aliphatic rings. The topological polar surface area (TPSA) is 36.3 Å². The van der Waals surface area contributed by atoms with E-state index in [2.05, 4.69) is 28.6 Å². The molecule has 0 saturated carbocycles. The number of methoxy groups -OCH3 is 1. The normalized spacial score (nSPS) is 10.5. The SMILES string of the molecule is CCn1cncc1-c1ccc(OCc2cccc(OC)c2)cc1. The molecule has 0 atom stereocenters. The first-order valence-corrected chi connectivity index (χ1v) is 7.66. The van der Waals surface area contributed by atoms with Gasteiger partial charge in [-0.1, -0.05) is 12.1 Å². The summed E-state index contributed by atoms with van der Waals surface area (Å²) in [5.74, 6) is 1.69. The van der Waals surface area contributed by atoms with Gasteiger partial charge in [-0.15, -0.1) is 0 Å². The lowest BCUT2D eigenvalue weighted by atomic mass is 10.1. The zero-order valence-corrected chi connectivity index (χ0v) is 13.4. The minimum Gasteiger partial charge on any atom is -0.497 e. The quantitative estimate of drug-likeness (QED) is 0.686. The highest BCUT2D eigenvalue weighted by molar-refractivity contribution is 5.59. The molecule has 0 fully saturated rings. The van der Waals surface area contributed by atoms with Crippen LogP contribution in [0.4, 0.5) is 0 Å². The Morgan fingerprint density at radius 2 is 1.87 bits per heavy atom. The van der Waals surface area contributed by atoms with E-state index in [0.29, 0.717) is 6.61 Å². The fourth-order valence-corrected chi connectivity index (χ4v) is 2.46. The monoisotopic (exact) mass is 308 g/mol. The summed E-state index contributed by atoms with van der Waals surface area (Å²) in [5.41, 5.74) is 3.34. The van der Waals surface area contributed by atoms with Crippen molar-refractivity contribution >= 4 is 0 Å². The van der Waals surface area contributed by atoms with Crippen molar-refractivity contribution in [1.29, 1.82) is 0 Å². The molecule has 4 heteroatoms. The molecule has 23 heavy (non-hydrogen) atoms. The summed E-state index contributed by atoms with van der Waals surface area (Å²) in [6.45, 7) is 3.53. The van der Waals surface area contributed by atoms with E-state index in [9.17, 15) is 0 Å². The van der Waals surface area contributed by atoms with Crippen molar-refractivity contribution in [3.63, 3.8) is 0 Å². The van der Waals surface area contributed by atoms with E-state index < -0.39 is 0 Å². The van der Waals surface area contributed by atoms with E-state index in [4.69, 9.17) is 9.47 Å². The maximum absolute atomic E-state index is 5.84. The maximum atomic E-state index is 5.84. The molecule has 2 aromatic carbocycles. The van der Waals surface area contributed by atoms with Crippen molar-refractivity contribution in [2.45, 2.75) is 20.1 Å². The number of aromatic nitrogens is 2. The van der Waals surface area contributed by atoms with Gasteiger partial charge >= 0.3 is 0 Å². The first-order valence-electron chi connectivity index (χ1n) is 7.66. The fraction of sp³-hybridized carbons (Fsp3) is 0.211. The predicted molar refractivity (Wildman–Crippen MR) is 90.7 cm³/mol. The minimum atomic E-state index is 0.517. The molecule has 0 amide bonds. The number of ether oxygens (including phenoxy) is 2. The molecule has 0 saturated heterocycles. The molecule has 0 radical (unpaired) electrons. The molecule has 3 aromatic rings. The first-order chi connectivity index (χ1) is 11.3. The molecule has 4 nitrogen and oxygen atoms in total. The molecule has 0 N–H and O–H groups in total. The Kier molecular flexibility index (Phi) is 4.62. The Morgan fingerprint density at radius 3 is 2.61 bits per heavy atom. The summed E-state index contributed by atoms with van der Waals surface area (Å²) >= 11 is 0. The van der Waals surface area contributed by atoms with Crippen molar-refractivity contribution in [2.75, 3.05) is 7.11 Å². The van der Waals surface area contributed by atoms with E-state index >= 15 is 0 Å². The number of rotatable bonds is 6. The molecule has 0 aliphatic heterocycles. The van der Waals surface area contributed by atoms with E-state index in [1.54, 1.807) is 7.11 Å². The van der Waals surface area contributed by atoms with Crippen LogP contribution in [0.3, 0.4) is 0 Å². The third-order valence-corrected chi connectivity index (χ3v) is 3.74. The number of aryl methyl sites for hydroxylation is 1. The maximum Gasteiger partial charge on any atom is 0.119 e. The van der Waals surface area contributed by atoms with Crippen molar-refractivity contribution in [3.8, 4) is 22.8 Å². The molecule has 0 unspecified atom stereocenters. The summed E-state index contributed by atoms with van der Waals surface area (Å²) < 4.78 is 13.2. The molecular weight excluding hydrogens is 288 g/mol. The van der Waals surface area contributed by atoms with Crippen LogP contribution in [0.15, 0.2) is 61.1 Å². The number of nitrogens with zero attached hydrogens (tertiary/aromatic N) is 2. The van der Waals surface area contributed by atoms with Crippen LogP contribution in [0.1, 0.15) is 12.5 Å². The van der Waals surface area contributed by atoms with Gasteiger partial charge in [0.2, 0.25) is 0 Å². The Labute approximate surface area is 136 Å². The molecule has 0 bridgehead atoms. The largest absolute Gasteiger partial charge is 0.497 e. The summed E-state index contributed by atoms with van der Waals surface area (Å²) in [6.07, 6.45) is 3.73. The van der Waals surface area contributed by atoms with Gasteiger partial charge in [0.15, 0.2) is 0 Å². The smallest absolute Gasteiger partial charge is 0.119 e. The molecule has 0 aliphatic carbocycles. The summed E-state index contributed by atoms with van der Waals surface area (Å²) in [4.78, 5) is 4.20. The average molecular weight is 308 g/mol. The van der Waals surface area contributed by atoms with Crippen LogP contribution in [0.25, 0.3) is 11.3 Å². The first kappa shape index (κ1) is 15.2. The highest BCUT2D eigenvalue weighted by Gasteiger charge is 2.04. The van der Waals surface area contributed by atoms with Crippen LogP contribution in [0.2, 0.25) is 0 Å². The lowest BCUT2D eigenvalue weighted by Gasteiger charge is -2.09. The highest BCUT2D eigenvalue weighted by Crippen LogP contribution is 2.23. The minimum absolute atomic E-state index is 0.517. The van der Waals surface area contributed by atoms with Crippen molar-refractivity contribution in [2.24, 2.45) is 0 Å². The van der Waals surface area contributed by atoms with E-state index in [1.165, 1.54) is 0 Å². The molecule has 1 heterocycles. The van der Waals surface area contributed by atoms with Crippen LogP contribution >= 0.6 is 0 Å². The Hall–Kier alpha value is -2.75. The highest BCUT2D eigenvalue weighted by atomic mass is 16.5. The standard InChI is InChI=1S/C19H20N2O2/c1-3-21-14-20-12-19(21)16-7-9-17(10-8-16)23-13-15-5-4-6-18(11-15)22-2/h4-12,14H,3,13H2,1-2H3. The van der Waals surface area contributed by atoms with Gasteiger partial charge in [0.25, 0.3) is 0 Å². The van der Waals surface area contributed by atoms with Gasteiger partial charge in [0, 0.05) is 12.1 Å². The van der Waals surface area contributed by atoms with Crippen molar-refractivity contribution in [1.82, 2.24) is 9.55 Å². The second kappa shape index (κ2) is 7.01. The molecule has 1 aromatic heterocycles. The van der Waals surface area contributed by atoms with Gasteiger partial charge in [-0.3, -0.25) is 0 Å². The van der Waals surface area contributed by atoms with Crippen LogP contribution in [0, 0.1) is 0 Å². The van der Waals surface area contributed by atoms with E-state index in [-0.39, 0.29) is 0 Å². The molecule has 118 valence electrons. The zero-order valence-electron chi connectivity index (χ0n) is 13.4. The molecular formula is C19H20N2O2. The summed E-state index contributed by atoms with van der Waals surface area (Å²) in [7, 11) is 1.67. The summed E-state index contributed by atoms with van der Waals surface area (Å²) in [6, 6.07) is 16.0. The Morgan fingerprint density at radius 1 is 1.04 bits per heavy atom. The zero-order chi connectivity index (χ0) is 16.1. The van der Waals surface area contributed by atoms with Gasteiger partial charge in [-0.05, 0) is 48.9 Å². The number of hydrogen-bond acceptors (Lipinski definition) is 3. The van der Waals surface area contributed by atoms with Gasteiger partial charge in [0.1, 0.15) is 18.1 Å². The van der Waals surface area contributed by atoms with Crippen LogP contribution in [-0.2, 0) is 13.2 Å². The van der Waals surface area contributed by atoms with Crippen molar-refractivity contribution in [3.05, 3.63) is 66.6 Å². The van der Waals surface area contributed by atoms with Gasteiger partial charge in [-0.25, -0.2) is 4.98 Å². The summed E-state index contributed by atoms with van der Waals surface area (Å²) in [5, 5.41) is 0. The van der Waals surface area contributed by atoms with E-state index in [0.717, 1.165) is 34.9 Å². The Bertz CT molecular complexity index is 763. The van der Waals surface area contributed by atoms with Gasteiger partial charge in [-0.2, -0.15) is 0 Å². The lowest BCUT2D eigenvalue weighted by molar-refractivity contribution is 0.305. The number of hydrogen-bond donors (Lipinski definition) is 0. The number of benzene rings is 2.